The molecule has 0 aliphatic carbocycles. The molecule has 0 radical (unpaired) electrons. The van der Waals surface area contributed by atoms with E-state index in [1.165, 1.54) is 0 Å². The van der Waals surface area contributed by atoms with Crippen LogP contribution in [-0.2, 0) is 0 Å². The zero-order valence-corrected chi connectivity index (χ0v) is 13.3. The van der Waals surface area contributed by atoms with E-state index >= 15 is 0 Å². The Bertz CT molecular complexity index is 749. The molecule has 2 aromatic carbocycles. The third kappa shape index (κ3) is 2.59. The molecule has 0 amide bonds. The summed E-state index contributed by atoms with van der Waals surface area (Å²) in [5, 5.41) is 11.9. The number of nitrogens with two attached hydrogens (primary N) is 1. The van der Waals surface area contributed by atoms with E-state index in [0.29, 0.717) is 11.5 Å². The fourth-order valence-electron chi connectivity index (χ4n) is 1.89. The number of nitrogen functional groups attached to an aromatic ring is 1. The average molecular weight is 395 g/mol. The zero-order valence-electron chi connectivity index (χ0n) is 10.2. The molecule has 3 aromatic rings. The van der Waals surface area contributed by atoms with E-state index in [1.54, 1.807) is 4.68 Å². The summed E-state index contributed by atoms with van der Waals surface area (Å²) < 4.78 is 3.52. The summed E-state index contributed by atoms with van der Waals surface area (Å²) in [6, 6.07) is 13.4. The Morgan fingerprint density at radius 2 is 1.85 bits per heavy atom. The molecular weight excluding hydrogens is 386 g/mol. The minimum atomic E-state index is 0.635. The molecule has 1 heterocycles. The number of anilines is 1. The molecule has 0 fully saturated rings. The third-order valence-corrected chi connectivity index (χ3v) is 3.65. The Labute approximate surface area is 132 Å². The first kappa shape index (κ1) is 13.3. The second-order valence-electron chi connectivity index (χ2n) is 4.17. The van der Waals surface area contributed by atoms with Crippen molar-refractivity contribution in [1.82, 2.24) is 20.2 Å². The van der Waals surface area contributed by atoms with Gasteiger partial charge in [-0.15, -0.1) is 5.10 Å². The third-order valence-electron chi connectivity index (χ3n) is 2.70. The van der Waals surface area contributed by atoms with Crippen molar-refractivity contribution < 1.29 is 0 Å². The smallest absolute Gasteiger partial charge is 0.187 e. The fourth-order valence-corrected chi connectivity index (χ4v) is 2.79. The summed E-state index contributed by atoms with van der Waals surface area (Å²) in [5.41, 5.74) is 8.24. The van der Waals surface area contributed by atoms with Crippen LogP contribution in [0.25, 0.3) is 17.1 Å². The molecule has 0 aliphatic rings. The molecule has 100 valence electrons. The molecule has 0 spiro atoms. The second kappa shape index (κ2) is 5.34. The molecule has 0 aliphatic heterocycles. The first-order valence-electron chi connectivity index (χ1n) is 5.74. The molecule has 0 saturated carbocycles. The number of rotatable bonds is 2. The van der Waals surface area contributed by atoms with E-state index in [0.717, 1.165) is 20.2 Å². The second-order valence-corrected chi connectivity index (χ2v) is 6.00. The highest BCUT2D eigenvalue weighted by Gasteiger charge is 2.12. The highest BCUT2D eigenvalue weighted by molar-refractivity contribution is 9.10. The summed E-state index contributed by atoms with van der Waals surface area (Å²) in [4.78, 5) is 0. The molecule has 2 N–H and O–H groups in total. The summed E-state index contributed by atoms with van der Waals surface area (Å²) in [6.07, 6.45) is 0. The van der Waals surface area contributed by atoms with Crippen LogP contribution in [0, 0.1) is 0 Å². The van der Waals surface area contributed by atoms with Crippen LogP contribution in [0.3, 0.4) is 0 Å². The number of aromatic nitrogens is 4. The number of nitrogens with zero attached hydrogens (tertiary/aromatic N) is 4. The van der Waals surface area contributed by atoms with Crippen LogP contribution in [0.4, 0.5) is 5.69 Å². The SMILES string of the molecule is Nc1cc(Br)cc(-c2nnnn2-c2cccc(Br)c2)c1. The average Bonchev–Trinajstić information content (AvgIpc) is 2.86. The predicted molar refractivity (Wildman–Crippen MR) is 84.4 cm³/mol. The maximum Gasteiger partial charge on any atom is 0.187 e. The Kier molecular flexibility index (Phi) is 3.54. The van der Waals surface area contributed by atoms with Gasteiger partial charge in [0.15, 0.2) is 5.82 Å². The van der Waals surface area contributed by atoms with Gasteiger partial charge in [-0.05, 0) is 46.8 Å². The maximum absolute atomic E-state index is 5.86. The van der Waals surface area contributed by atoms with Gasteiger partial charge in [0.25, 0.3) is 0 Å². The van der Waals surface area contributed by atoms with Gasteiger partial charge in [-0.25, -0.2) is 0 Å². The van der Waals surface area contributed by atoms with Crippen molar-refractivity contribution in [3.05, 3.63) is 51.4 Å². The van der Waals surface area contributed by atoms with Crippen LogP contribution >= 0.6 is 31.9 Å². The normalized spacial score (nSPS) is 10.7. The van der Waals surface area contributed by atoms with Gasteiger partial charge >= 0.3 is 0 Å². The lowest BCUT2D eigenvalue weighted by Crippen LogP contribution is -2.00. The lowest BCUT2D eigenvalue weighted by molar-refractivity contribution is 0.791. The van der Waals surface area contributed by atoms with Crippen molar-refractivity contribution in [2.45, 2.75) is 0 Å². The zero-order chi connectivity index (χ0) is 14.1. The molecule has 0 bridgehead atoms. The van der Waals surface area contributed by atoms with Crippen molar-refractivity contribution in [1.29, 1.82) is 0 Å². The Morgan fingerprint density at radius 1 is 1.00 bits per heavy atom. The van der Waals surface area contributed by atoms with Crippen LogP contribution in [0.1, 0.15) is 0 Å². The van der Waals surface area contributed by atoms with Gasteiger partial charge in [-0.2, -0.15) is 4.68 Å². The van der Waals surface area contributed by atoms with E-state index in [1.807, 2.05) is 42.5 Å². The molecule has 0 saturated heterocycles. The van der Waals surface area contributed by atoms with E-state index in [-0.39, 0.29) is 0 Å². The number of halogens is 2. The Morgan fingerprint density at radius 3 is 2.60 bits per heavy atom. The van der Waals surface area contributed by atoms with Gasteiger partial charge in [0.05, 0.1) is 5.69 Å². The Balaban J connectivity index is 2.15. The Hall–Kier alpha value is -1.73. The lowest BCUT2D eigenvalue weighted by atomic mass is 10.2. The largest absolute Gasteiger partial charge is 0.399 e. The molecule has 5 nitrogen and oxygen atoms in total. The molecule has 0 atom stereocenters. The van der Waals surface area contributed by atoms with E-state index < -0.39 is 0 Å². The quantitative estimate of drug-likeness (QED) is 0.676. The number of tetrazole rings is 1. The first-order valence-corrected chi connectivity index (χ1v) is 7.33. The van der Waals surface area contributed by atoms with Gasteiger partial charge in [-0.3, -0.25) is 0 Å². The molecule has 0 unspecified atom stereocenters. The fraction of sp³-hybridized carbons (Fsp3) is 0. The topological polar surface area (TPSA) is 69.6 Å². The lowest BCUT2D eigenvalue weighted by Gasteiger charge is -2.06. The predicted octanol–water partition coefficient (Wildman–Crippen LogP) is 3.44. The molecular formula is C13H9Br2N5. The standard InChI is InChI=1S/C13H9Br2N5/c14-9-2-1-3-12(7-9)20-13(17-18-19-20)8-4-10(15)6-11(16)5-8/h1-7H,16H2. The van der Waals surface area contributed by atoms with Gasteiger partial charge < -0.3 is 5.73 Å². The van der Waals surface area contributed by atoms with Crippen molar-refractivity contribution in [2.24, 2.45) is 0 Å². The minimum Gasteiger partial charge on any atom is -0.399 e. The van der Waals surface area contributed by atoms with Gasteiger partial charge in [0, 0.05) is 20.2 Å². The summed E-state index contributed by atoms with van der Waals surface area (Å²) in [6.45, 7) is 0. The summed E-state index contributed by atoms with van der Waals surface area (Å²) >= 11 is 6.87. The highest BCUT2D eigenvalue weighted by atomic mass is 79.9. The van der Waals surface area contributed by atoms with Crippen LogP contribution in [0.5, 0.6) is 0 Å². The molecule has 3 rings (SSSR count). The van der Waals surface area contributed by atoms with Gasteiger partial charge in [0.2, 0.25) is 0 Å². The van der Waals surface area contributed by atoms with Crippen LogP contribution < -0.4 is 5.73 Å². The number of hydrogen-bond acceptors (Lipinski definition) is 4. The highest BCUT2D eigenvalue weighted by Crippen LogP contribution is 2.26. The number of hydrogen-bond donors (Lipinski definition) is 1. The maximum atomic E-state index is 5.86. The molecule has 1 aromatic heterocycles. The monoisotopic (exact) mass is 393 g/mol. The number of benzene rings is 2. The molecule has 7 heteroatoms. The van der Waals surface area contributed by atoms with E-state index in [9.17, 15) is 0 Å². The van der Waals surface area contributed by atoms with Crippen LogP contribution in [0.15, 0.2) is 51.4 Å². The van der Waals surface area contributed by atoms with Crippen molar-refractivity contribution in [2.75, 3.05) is 5.73 Å². The van der Waals surface area contributed by atoms with Crippen molar-refractivity contribution in [3.63, 3.8) is 0 Å². The summed E-state index contributed by atoms with van der Waals surface area (Å²) in [5.74, 6) is 0.635. The van der Waals surface area contributed by atoms with Crippen LogP contribution in [-0.4, -0.2) is 20.2 Å². The van der Waals surface area contributed by atoms with Crippen molar-refractivity contribution >= 4 is 37.5 Å². The minimum absolute atomic E-state index is 0.635. The van der Waals surface area contributed by atoms with E-state index in [4.69, 9.17) is 5.73 Å². The molecule has 20 heavy (non-hydrogen) atoms. The van der Waals surface area contributed by atoms with Gasteiger partial charge in [-0.1, -0.05) is 37.9 Å². The van der Waals surface area contributed by atoms with Crippen molar-refractivity contribution in [3.8, 4) is 17.1 Å². The van der Waals surface area contributed by atoms with E-state index in [2.05, 4.69) is 47.4 Å². The van der Waals surface area contributed by atoms with Gasteiger partial charge in [0.1, 0.15) is 0 Å². The van der Waals surface area contributed by atoms with Crippen LogP contribution in [0.2, 0.25) is 0 Å². The summed E-state index contributed by atoms with van der Waals surface area (Å²) in [7, 11) is 0. The first-order chi connectivity index (χ1) is 9.63.